The Morgan fingerprint density at radius 3 is 1.04 bits per heavy atom. The highest BCUT2D eigenvalue weighted by atomic mass is 16.7. The lowest BCUT2D eigenvalue weighted by Gasteiger charge is -2.25. The molecule has 9 heteroatoms. The van der Waals surface area contributed by atoms with E-state index in [2.05, 4.69) is 98.9 Å². The zero-order valence-electron chi connectivity index (χ0n) is 54.8. The van der Waals surface area contributed by atoms with Crippen molar-refractivity contribution in [2.45, 2.75) is 322 Å². The maximum absolute atomic E-state index is 12.9. The third-order valence-electron chi connectivity index (χ3n) is 15.1. The normalized spacial score (nSPS) is 13.2. The molecule has 9 nitrogen and oxygen atoms in total. The number of quaternary nitrogens is 1. The van der Waals surface area contributed by atoms with E-state index in [1.807, 2.05) is 21.1 Å². The standard InChI is InChI=1S/C74H131NO8/c1-6-8-10-12-14-16-18-20-22-24-26-28-30-31-32-33-34-35-36-37-38-39-40-41-43-45-47-49-51-53-55-57-59-61-63-65-72(77)83-70(69-82-74(73(78)79)80-67-66-75(3,4)5)68-81-71(76)64-62-60-58-56-54-52-50-48-46-44-42-29-27-25-23-21-19-17-15-13-11-9-7-2/h8,10,14,16,20,22,25-28,31-32,34-35,70,74H,6-7,9,11-13,15,17-19,21,23-24,29-30,33,36-69H2,1-5H3/p+1/b10-8-,16-14-,22-20-,27-25-,28-26-,32-31-,35-34-. The minimum Gasteiger partial charge on any atom is -0.477 e. The fraction of sp³-hybridized carbons (Fsp3) is 0.770. The van der Waals surface area contributed by atoms with E-state index in [-0.39, 0.29) is 32.2 Å². The highest BCUT2D eigenvalue weighted by molar-refractivity contribution is 5.71. The number of hydrogen-bond acceptors (Lipinski definition) is 7. The van der Waals surface area contributed by atoms with Gasteiger partial charge in [-0.1, -0.05) is 292 Å². The van der Waals surface area contributed by atoms with Gasteiger partial charge in [0, 0.05) is 12.8 Å². The summed E-state index contributed by atoms with van der Waals surface area (Å²) in [4.78, 5) is 37.6. The SMILES string of the molecule is CC/C=C\C/C=C\C/C=C\C/C=C\C/C=C\C/C=C\CCCCCCCCCCCCCCCCCCC(=O)OC(COC(=O)CCCCCCCCCCCCC/C=C\CCCCCCCCCC)COC(OCC[N+](C)(C)C)C(=O)O. The Bertz CT molecular complexity index is 1640. The van der Waals surface area contributed by atoms with Crippen molar-refractivity contribution < 1.29 is 42.9 Å². The van der Waals surface area contributed by atoms with Crippen molar-refractivity contribution in [3.05, 3.63) is 85.1 Å². The van der Waals surface area contributed by atoms with Crippen LogP contribution in [0.2, 0.25) is 0 Å². The maximum atomic E-state index is 12.9. The number of carboxylic acid groups (broad SMARTS) is 1. The summed E-state index contributed by atoms with van der Waals surface area (Å²) in [7, 11) is 5.98. The van der Waals surface area contributed by atoms with E-state index >= 15 is 0 Å². The Kier molecular flexibility index (Phi) is 61.7. The Morgan fingerprint density at radius 1 is 0.373 bits per heavy atom. The molecular weight excluding hydrogens is 1030 g/mol. The third-order valence-corrected chi connectivity index (χ3v) is 15.1. The topological polar surface area (TPSA) is 108 Å². The summed E-state index contributed by atoms with van der Waals surface area (Å²) >= 11 is 0. The molecule has 0 bridgehead atoms. The van der Waals surface area contributed by atoms with Crippen LogP contribution in [-0.4, -0.2) is 87.4 Å². The summed E-state index contributed by atoms with van der Waals surface area (Å²) < 4.78 is 23.0. The summed E-state index contributed by atoms with van der Waals surface area (Å²) in [5.41, 5.74) is 0. The van der Waals surface area contributed by atoms with Crippen molar-refractivity contribution in [3.8, 4) is 0 Å². The Balaban J connectivity index is 4.09. The second kappa shape index (κ2) is 64.5. The molecule has 0 fully saturated rings. The number of carbonyl (C=O) groups is 3. The summed E-state index contributed by atoms with van der Waals surface area (Å²) in [5, 5.41) is 9.74. The van der Waals surface area contributed by atoms with Gasteiger partial charge in [0.05, 0.1) is 34.4 Å². The van der Waals surface area contributed by atoms with Crippen LogP contribution in [0.15, 0.2) is 85.1 Å². The van der Waals surface area contributed by atoms with E-state index in [9.17, 15) is 19.5 Å². The van der Waals surface area contributed by atoms with Crippen LogP contribution in [0.1, 0.15) is 309 Å². The second-order valence-electron chi connectivity index (χ2n) is 24.5. The van der Waals surface area contributed by atoms with Crippen LogP contribution >= 0.6 is 0 Å². The number of rotatable bonds is 64. The zero-order valence-corrected chi connectivity index (χ0v) is 54.8. The Labute approximate surface area is 512 Å². The average molecular weight is 1160 g/mol. The molecule has 83 heavy (non-hydrogen) atoms. The molecular formula is C74H132NO8+. The van der Waals surface area contributed by atoms with Crippen molar-refractivity contribution >= 4 is 17.9 Å². The van der Waals surface area contributed by atoms with Gasteiger partial charge in [0.15, 0.2) is 6.10 Å². The maximum Gasteiger partial charge on any atom is 0.361 e. The first-order chi connectivity index (χ1) is 40.6. The highest BCUT2D eigenvalue weighted by Crippen LogP contribution is 2.17. The molecule has 0 rings (SSSR count). The van der Waals surface area contributed by atoms with Crippen LogP contribution in [0, 0.1) is 0 Å². The quantitative estimate of drug-likeness (QED) is 0.0211. The molecule has 0 aliphatic carbocycles. The number of likely N-dealkylation sites (N-methyl/N-ethyl adjacent to an activating group) is 1. The van der Waals surface area contributed by atoms with Gasteiger partial charge in [-0.05, 0) is 89.9 Å². The zero-order chi connectivity index (χ0) is 60.5. The number of nitrogens with zero attached hydrogens (tertiary/aromatic N) is 1. The third kappa shape index (κ3) is 65.9. The molecule has 0 aliphatic heterocycles. The molecule has 0 amide bonds. The van der Waals surface area contributed by atoms with Crippen LogP contribution in [0.25, 0.3) is 0 Å². The molecule has 0 heterocycles. The van der Waals surface area contributed by atoms with Crippen molar-refractivity contribution in [2.24, 2.45) is 0 Å². The van der Waals surface area contributed by atoms with Crippen molar-refractivity contribution in [3.63, 3.8) is 0 Å². The molecule has 0 spiro atoms. The highest BCUT2D eigenvalue weighted by Gasteiger charge is 2.25. The predicted molar refractivity (Wildman–Crippen MR) is 355 cm³/mol. The van der Waals surface area contributed by atoms with Gasteiger partial charge < -0.3 is 28.5 Å². The number of allylic oxidation sites excluding steroid dienone is 14. The average Bonchev–Trinajstić information content (AvgIpc) is 3.46. The van der Waals surface area contributed by atoms with Crippen LogP contribution in [0.3, 0.4) is 0 Å². The lowest BCUT2D eigenvalue weighted by atomic mass is 10.0. The summed E-state index contributed by atoms with van der Waals surface area (Å²) in [5.74, 6) is -1.99. The fourth-order valence-corrected chi connectivity index (χ4v) is 9.84. The van der Waals surface area contributed by atoms with Crippen molar-refractivity contribution in [1.29, 1.82) is 0 Å². The number of hydrogen-bond donors (Lipinski definition) is 1. The van der Waals surface area contributed by atoms with Gasteiger partial charge in [-0.3, -0.25) is 9.59 Å². The van der Waals surface area contributed by atoms with E-state index < -0.39 is 24.3 Å². The van der Waals surface area contributed by atoms with Gasteiger partial charge in [0.2, 0.25) is 0 Å². The van der Waals surface area contributed by atoms with E-state index in [0.29, 0.717) is 17.4 Å². The number of aliphatic carboxylic acids is 1. The fourth-order valence-electron chi connectivity index (χ4n) is 9.84. The van der Waals surface area contributed by atoms with Gasteiger partial charge in [-0.15, -0.1) is 0 Å². The van der Waals surface area contributed by atoms with Gasteiger partial charge in [-0.2, -0.15) is 0 Å². The first-order valence-corrected chi connectivity index (χ1v) is 34.8. The predicted octanol–water partition coefficient (Wildman–Crippen LogP) is 21.5. The molecule has 0 aliphatic rings. The van der Waals surface area contributed by atoms with E-state index in [1.165, 1.54) is 205 Å². The van der Waals surface area contributed by atoms with E-state index in [4.69, 9.17) is 18.9 Å². The van der Waals surface area contributed by atoms with Crippen LogP contribution in [-0.2, 0) is 33.3 Å². The Morgan fingerprint density at radius 2 is 0.687 bits per heavy atom. The van der Waals surface area contributed by atoms with Crippen LogP contribution in [0.5, 0.6) is 0 Å². The van der Waals surface area contributed by atoms with Gasteiger partial charge in [0.25, 0.3) is 6.29 Å². The summed E-state index contributed by atoms with van der Waals surface area (Å²) in [6, 6.07) is 0. The lowest BCUT2D eigenvalue weighted by Crippen LogP contribution is -2.40. The Hall–Kier alpha value is -3.53. The minimum atomic E-state index is -1.51. The monoisotopic (exact) mass is 1160 g/mol. The van der Waals surface area contributed by atoms with Gasteiger partial charge in [0.1, 0.15) is 13.2 Å². The molecule has 0 saturated carbocycles. The summed E-state index contributed by atoms with van der Waals surface area (Å²) in [6.07, 6.45) is 84.0. The van der Waals surface area contributed by atoms with Crippen molar-refractivity contribution in [1.82, 2.24) is 0 Å². The molecule has 2 atom stereocenters. The summed E-state index contributed by atoms with van der Waals surface area (Å²) in [6.45, 7) is 4.80. The van der Waals surface area contributed by atoms with E-state index in [0.717, 1.165) is 77.0 Å². The smallest absolute Gasteiger partial charge is 0.361 e. The number of carbonyl (C=O) groups excluding carboxylic acids is 2. The second-order valence-corrected chi connectivity index (χ2v) is 24.5. The molecule has 480 valence electrons. The molecule has 0 radical (unpaired) electrons. The minimum absolute atomic E-state index is 0.182. The van der Waals surface area contributed by atoms with Crippen molar-refractivity contribution in [2.75, 3.05) is 47.5 Å². The van der Waals surface area contributed by atoms with E-state index in [1.54, 1.807) is 0 Å². The van der Waals surface area contributed by atoms with Gasteiger partial charge in [-0.25, -0.2) is 4.79 Å². The number of unbranched alkanes of at least 4 members (excludes halogenated alkanes) is 35. The molecule has 0 aromatic carbocycles. The molecule has 2 unspecified atom stereocenters. The van der Waals surface area contributed by atoms with Crippen LogP contribution < -0.4 is 0 Å². The lowest BCUT2D eigenvalue weighted by molar-refractivity contribution is -0.870. The number of esters is 2. The molecule has 0 aromatic rings. The first kappa shape index (κ1) is 79.5. The molecule has 1 N–H and O–H groups in total. The number of carboxylic acids is 1. The first-order valence-electron chi connectivity index (χ1n) is 34.8. The molecule has 0 aromatic heterocycles. The largest absolute Gasteiger partial charge is 0.477 e. The van der Waals surface area contributed by atoms with Crippen LogP contribution in [0.4, 0.5) is 0 Å². The molecule has 0 saturated heterocycles. The van der Waals surface area contributed by atoms with Gasteiger partial charge >= 0.3 is 17.9 Å². The number of ether oxygens (including phenoxy) is 4.